The Bertz CT molecular complexity index is 478. The number of rotatable bonds is 4. The number of carbonyl (C=O) groups is 2. The molecule has 0 saturated heterocycles. The molecule has 0 aliphatic heterocycles. The fourth-order valence-corrected chi connectivity index (χ4v) is 2.63. The molecule has 5 heteroatoms. The smallest absolute Gasteiger partial charge is 0.303 e. The number of carboxylic acid groups (broad SMARTS) is 1. The van der Waals surface area contributed by atoms with E-state index in [0.717, 1.165) is 25.7 Å². The van der Waals surface area contributed by atoms with Crippen molar-refractivity contribution in [2.24, 2.45) is 5.92 Å². The van der Waals surface area contributed by atoms with Crippen LogP contribution in [0.25, 0.3) is 0 Å². The van der Waals surface area contributed by atoms with Crippen LogP contribution in [0.1, 0.15) is 42.5 Å². The van der Waals surface area contributed by atoms with E-state index >= 15 is 0 Å². The summed E-state index contributed by atoms with van der Waals surface area (Å²) in [6.07, 6.45) is 3.44. The molecule has 2 N–H and O–H groups in total. The van der Waals surface area contributed by atoms with Crippen LogP contribution in [0, 0.1) is 11.7 Å². The maximum atomic E-state index is 12.8. The number of aliphatic carboxylic acids is 1. The van der Waals surface area contributed by atoms with Gasteiger partial charge in [-0.2, -0.15) is 0 Å². The highest BCUT2D eigenvalue weighted by atomic mass is 19.1. The highest BCUT2D eigenvalue weighted by Gasteiger charge is 2.24. The lowest BCUT2D eigenvalue weighted by molar-refractivity contribution is -0.138. The third-order valence-electron chi connectivity index (χ3n) is 3.75. The topological polar surface area (TPSA) is 66.4 Å². The molecule has 0 spiro atoms. The van der Waals surface area contributed by atoms with Crippen LogP contribution in [-0.4, -0.2) is 23.0 Å². The van der Waals surface area contributed by atoms with Gasteiger partial charge in [0.25, 0.3) is 5.91 Å². The molecule has 0 aromatic heterocycles. The fraction of sp³-hybridized carbons (Fsp3) is 0.467. The highest BCUT2D eigenvalue weighted by molar-refractivity contribution is 5.94. The van der Waals surface area contributed by atoms with Crippen molar-refractivity contribution in [3.05, 3.63) is 35.6 Å². The number of carboxylic acids is 1. The van der Waals surface area contributed by atoms with E-state index in [-0.39, 0.29) is 30.1 Å². The molecule has 4 nitrogen and oxygen atoms in total. The summed E-state index contributed by atoms with van der Waals surface area (Å²) in [7, 11) is 0. The standard InChI is InChI=1S/C15H18FNO3/c16-12-5-3-11(4-6-12)15(20)17-13-7-1-10(2-8-13)9-14(18)19/h3-6,10,13H,1-2,7-9H2,(H,17,20)(H,18,19). The predicted octanol–water partition coefficient (Wildman–Crippen LogP) is 2.59. The van der Waals surface area contributed by atoms with Crippen molar-refractivity contribution < 1.29 is 19.1 Å². The first kappa shape index (κ1) is 14.5. The second kappa shape index (κ2) is 6.50. The average molecular weight is 279 g/mol. The van der Waals surface area contributed by atoms with E-state index in [0.29, 0.717) is 5.56 Å². The molecule has 1 aliphatic rings. The Morgan fingerprint density at radius 3 is 2.30 bits per heavy atom. The van der Waals surface area contributed by atoms with Crippen molar-refractivity contribution >= 4 is 11.9 Å². The maximum Gasteiger partial charge on any atom is 0.303 e. The van der Waals surface area contributed by atoms with Gasteiger partial charge in [-0.15, -0.1) is 0 Å². The Morgan fingerprint density at radius 2 is 1.75 bits per heavy atom. The summed E-state index contributed by atoms with van der Waals surface area (Å²) >= 11 is 0. The van der Waals surface area contributed by atoms with Gasteiger partial charge in [0.15, 0.2) is 0 Å². The van der Waals surface area contributed by atoms with Crippen molar-refractivity contribution in [3.8, 4) is 0 Å². The maximum absolute atomic E-state index is 12.8. The lowest BCUT2D eigenvalue weighted by Gasteiger charge is -2.28. The van der Waals surface area contributed by atoms with Crippen LogP contribution >= 0.6 is 0 Å². The van der Waals surface area contributed by atoms with Crippen molar-refractivity contribution in [1.29, 1.82) is 0 Å². The first-order chi connectivity index (χ1) is 9.54. The van der Waals surface area contributed by atoms with Crippen LogP contribution in [0.3, 0.4) is 0 Å². The lowest BCUT2D eigenvalue weighted by atomic mass is 9.84. The Labute approximate surface area is 117 Å². The number of carbonyl (C=O) groups excluding carboxylic acids is 1. The number of nitrogens with one attached hydrogen (secondary N) is 1. The van der Waals surface area contributed by atoms with E-state index in [1.807, 2.05) is 0 Å². The Hall–Kier alpha value is -1.91. The molecule has 1 fully saturated rings. The number of benzene rings is 1. The van der Waals surface area contributed by atoms with Crippen molar-refractivity contribution in [1.82, 2.24) is 5.32 Å². The van der Waals surface area contributed by atoms with Crippen molar-refractivity contribution in [2.75, 3.05) is 0 Å². The minimum atomic E-state index is -0.760. The van der Waals surface area contributed by atoms with Gasteiger partial charge in [0, 0.05) is 18.0 Å². The zero-order chi connectivity index (χ0) is 14.5. The second-order valence-corrected chi connectivity index (χ2v) is 5.30. The van der Waals surface area contributed by atoms with Crippen LogP contribution in [0.2, 0.25) is 0 Å². The summed E-state index contributed by atoms with van der Waals surface area (Å²) in [4.78, 5) is 22.6. The predicted molar refractivity (Wildman–Crippen MR) is 71.9 cm³/mol. The van der Waals surface area contributed by atoms with Crippen molar-refractivity contribution in [2.45, 2.75) is 38.1 Å². The Morgan fingerprint density at radius 1 is 1.15 bits per heavy atom. The van der Waals surface area contributed by atoms with Gasteiger partial charge in [-0.3, -0.25) is 9.59 Å². The first-order valence-corrected chi connectivity index (χ1v) is 6.83. The zero-order valence-corrected chi connectivity index (χ0v) is 11.1. The van der Waals surface area contributed by atoms with E-state index in [9.17, 15) is 14.0 Å². The molecule has 2 rings (SSSR count). The lowest BCUT2D eigenvalue weighted by Crippen LogP contribution is -2.37. The normalized spacial score (nSPS) is 22.2. The van der Waals surface area contributed by atoms with E-state index in [1.54, 1.807) is 0 Å². The van der Waals surface area contributed by atoms with E-state index < -0.39 is 5.97 Å². The molecule has 108 valence electrons. The summed E-state index contributed by atoms with van der Waals surface area (Å²) in [6.45, 7) is 0. The molecule has 0 heterocycles. The molecule has 1 saturated carbocycles. The molecule has 0 atom stereocenters. The van der Waals surface area contributed by atoms with Crippen LogP contribution in [0.4, 0.5) is 4.39 Å². The minimum Gasteiger partial charge on any atom is -0.481 e. The first-order valence-electron chi connectivity index (χ1n) is 6.83. The summed E-state index contributed by atoms with van der Waals surface area (Å²) in [5.74, 6) is -1.11. The number of amides is 1. The van der Waals surface area contributed by atoms with E-state index in [1.165, 1.54) is 24.3 Å². The van der Waals surface area contributed by atoms with Crippen molar-refractivity contribution in [3.63, 3.8) is 0 Å². The highest BCUT2D eigenvalue weighted by Crippen LogP contribution is 2.27. The zero-order valence-electron chi connectivity index (χ0n) is 11.1. The molecular formula is C15H18FNO3. The molecule has 1 aromatic carbocycles. The van der Waals surface area contributed by atoms with Gasteiger partial charge in [-0.1, -0.05) is 0 Å². The second-order valence-electron chi connectivity index (χ2n) is 5.30. The molecular weight excluding hydrogens is 261 g/mol. The third kappa shape index (κ3) is 4.05. The number of hydrogen-bond donors (Lipinski definition) is 2. The minimum absolute atomic E-state index is 0.0811. The summed E-state index contributed by atoms with van der Waals surface area (Å²) in [6, 6.07) is 5.52. The Balaban J connectivity index is 1.82. The fourth-order valence-electron chi connectivity index (χ4n) is 2.63. The van der Waals surface area contributed by atoms with Gasteiger partial charge in [-0.05, 0) is 55.9 Å². The summed E-state index contributed by atoms with van der Waals surface area (Å²) < 4.78 is 12.8. The molecule has 0 radical (unpaired) electrons. The van der Waals surface area contributed by atoms with Crippen LogP contribution in [0.5, 0.6) is 0 Å². The van der Waals surface area contributed by atoms with Gasteiger partial charge in [0.2, 0.25) is 0 Å². The molecule has 0 unspecified atom stereocenters. The number of hydrogen-bond acceptors (Lipinski definition) is 2. The van der Waals surface area contributed by atoms with Gasteiger partial charge in [0.05, 0.1) is 0 Å². The van der Waals surface area contributed by atoms with E-state index in [2.05, 4.69) is 5.32 Å². The molecule has 1 amide bonds. The third-order valence-corrected chi connectivity index (χ3v) is 3.75. The van der Waals surface area contributed by atoms with E-state index in [4.69, 9.17) is 5.11 Å². The van der Waals surface area contributed by atoms with Gasteiger partial charge < -0.3 is 10.4 Å². The quantitative estimate of drug-likeness (QED) is 0.890. The number of halogens is 1. The summed E-state index contributed by atoms with van der Waals surface area (Å²) in [5, 5.41) is 11.7. The SMILES string of the molecule is O=C(O)CC1CCC(NC(=O)c2ccc(F)cc2)CC1. The van der Waals surface area contributed by atoms with Crippen LogP contribution in [0.15, 0.2) is 24.3 Å². The molecule has 1 aliphatic carbocycles. The molecule has 20 heavy (non-hydrogen) atoms. The van der Waals surface area contributed by atoms with Crippen LogP contribution in [-0.2, 0) is 4.79 Å². The van der Waals surface area contributed by atoms with Gasteiger partial charge in [-0.25, -0.2) is 4.39 Å². The van der Waals surface area contributed by atoms with Gasteiger partial charge in [0.1, 0.15) is 5.82 Å². The van der Waals surface area contributed by atoms with Crippen LogP contribution < -0.4 is 5.32 Å². The monoisotopic (exact) mass is 279 g/mol. The summed E-state index contributed by atoms with van der Waals surface area (Å²) in [5.41, 5.74) is 0.444. The largest absolute Gasteiger partial charge is 0.481 e. The molecule has 0 bridgehead atoms. The Kier molecular flexibility index (Phi) is 4.71. The van der Waals surface area contributed by atoms with Gasteiger partial charge >= 0.3 is 5.97 Å². The molecule has 1 aromatic rings. The average Bonchev–Trinajstić information content (AvgIpc) is 2.41.